The third-order valence-electron chi connectivity index (χ3n) is 5.89. The minimum atomic E-state index is -0.0217. The highest BCUT2D eigenvalue weighted by Gasteiger charge is 2.29. The first-order chi connectivity index (χ1) is 14.1. The van der Waals surface area contributed by atoms with E-state index in [9.17, 15) is 9.59 Å². The fourth-order valence-electron chi connectivity index (χ4n) is 4.24. The number of likely N-dealkylation sites (tertiary alicyclic amines) is 1. The molecule has 0 bridgehead atoms. The van der Waals surface area contributed by atoms with Gasteiger partial charge in [0.1, 0.15) is 0 Å². The maximum absolute atomic E-state index is 12.6. The highest BCUT2D eigenvalue weighted by Crippen LogP contribution is 2.30. The Balaban J connectivity index is 1.41. The fraction of sp³-hybridized carbons (Fsp3) is 0.500. The Morgan fingerprint density at radius 2 is 2.00 bits per heavy atom. The maximum atomic E-state index is 12.6. The normalized spacial score (nSPS) is 19.0. The van der Waals surface area contributed by atoms with Crippen molar-refractivity contribution in [1.29, 1.82) is 0 Å². The predicted octanol–water partition coefficient (Wildman–Crippen LogP) is 2.46. The second kappa shape index (κ2) is 8.68. The van der Waals surface area contributed by atoms with Crippen LogP contribution in [0.3, 0.4) is 0 Å². The molecule has 1 unspecified atom stereocenters. The van der Waals surface area contributed by atoms with Gasteiger partial charge in [0.25, 0.3) is 0 Å². The van der Waals surface area contributed by atoms with Crippen molar-refractivity contribution >= 4 is 11.8 Å². The first kappa shape index (κ1) is 19.5. The number of aryl methyl sites for hydroxylation is 1. The number of nitrogens with zero attached hydrogens (tertiary/aromatic N) is 5. The summed E-state index contributed by atoms with van der Waals surface area (Å²) in [5, 5.41) is 0. The van der Waals surface area contributed by atoms with Crippen LogP contribution in [0.4, 0.5) is 0 Å². The van der Waals surface area contributed by atoms with Gasteiger partial charge in [-0.05, 0) is 43.4 Å². The zero-order valence-corrected chi connectivity index (χ0v) is 16.9. The topological polar surface area (TPSA) is 79.3 Å². The van der Waals surface area contributed by atoms with E-state index >= 15 is 0 Å². The van der Waals surface area contributed by atoms with Gasteiger partial charge in [0.2, 0.25) is 11.8 Å². The molecule has 0 N–H and O–H groups in total. The summed E-state index contributed by atoms with van der Waals surface area (Å²) < 4.78 is 0. The van der Waals surface area contributed by atoms with E-state index < -0.39 is 0 Å². The Kier molecular flexibility index (Phi) is 5.83. The molecule has 2 aliphatic heterocycles. The number of carbonyl (C=O) groups is 2. The second-order valence-electron chi connectivity index (χ2n) is 7.84. The molecule has 2 amide bonds. The van der Waals surface area contributed by atoms with Crippen LogP contribution in [0.5, 0.6) is 0 Å². The van der Waals surface area contributed by atoms with Gasteiger partial charge in [-0.25, -0.2) is 9.97 Å². The molecule has 152 valence electrons. The van der Waals surface area contributed by atoms with Gasteiger partial charge in [0, 0.05) is 63.6 Å². The quantitative estimate of drug-likeness (QED) is 0.797. The molecule has 0 aromatic carbocycles. The zero-order valence-electron chi connectivity index (χ0n) is 16.9. The lowest BCUT2D eigenvalue weighted by molar-refractivity contribution is -0.133. The molecule has 4 rings (SSSR count). The highest BCUT2D eigenvalue weighted by molar-refractivity contribution is 5.76. The van der Waals surface area contributed by atoms with Gasteiger partial charge >= 0.3 is 0 Å². The Labute approximate surface area is 171 Å². The van der Waals surface area contributed by atoms with E-state index in [0.29, 0.717) is 19.5 Å². The van der Waals surface area contributed by atoms with Gasteiger partial charge in [-0.3, -0.25) is 14.6 Å². The smallest absolute Gasteiger partial charge is 0.223 e. The van der Waals surface area contributed by atoms with Gasteiger partial charge in [0.05, 0.1) is 11.7 Å². The van der Waals surface area contributed by atoms with Crippen LogP contribution in [0, 0.1) is 0 Å². The van der Waals surface area contributed by atoms with E-state index in [-0.39, 0.29) is 17.9 Å². The van der Waals surface area contributed by atoms with Crippen molar-refractivity contribution in [1.82, 2.24) is 24.8 Å². The summed E-state index contributed by atoms with van der Waals surface area (Å²) in [7, 11) is 0. The molecule has 0 saturated carbocycles. The molecule has 0 radical (unpaired) electrons. The summed E-state index contributed by atoms with van der Waals surface area (Å²) in [5.41, 5.74) is 3.16. The highest BCUT2D eigenvalue weighted by atomic mass is 16.2. The summed E-state index contributed by atoms with van der Waals surface area (Å²) in [4.78, 5) is 41.8. The van der Waals surface area contributed by atoms with Crippen LogP contribution in [0.2, 0.25) is 0 Å². The standard InChI is InChI=1S/C22H27N5O2/c1-16(28)27-12-3-2-4-20(27)22-24-14-18-15-26(13-9-19(18)25-22)21(29)6-5-17-7-10-23-11-8-17/h7-8,10-11,14,20H,2-6,9,12-13,15H2,1H3. The minimum Gasteiger partial charge on any atom is -0.338 e. The van der Waals surface area contributed by atoms with Crippen molar-refractivity contribution in [2.45, 2.75) is 58.0 Å². The Morgan fingerprint density at radius 1 is 1.17 bits per heavy atom. The lowest BCUT2D eigenvalue weighted by atomic mass is 10.00. The summed E-state index contributed by atoms with van der Waals surface area (Å²) in [6.07, 6.45) is 10.4. The molecule has 1 saturated heterocycles. The van der Waals surface area contributed by atoms with Crippen LogP contribution < -0.4 is 0 Å². The minimum absolute atomic E-state index is 0.0217. The van der Waals surface area contributed by atoms with Crippen LogP contribution in [0.25, 0.3) is 0 Å². The molecule has 1 fully saturated rings. The number of hydrogen-bond acceptors (Lipinski definition) is 5. The number of carbonyl (C=O) groups excluding carboxylic acids is 2. The Morgan fingerprint density at radius 3 is 2.79 bits per heavy atom. The van der Waals surface area contributed by atoms with E-state index in [1.807, 2.05) is 28.1 Å². The number of hydrogen-bond donors (Lipinski definition) is 0. The van der Waals surface area contributed by atoms with Crippen LogP contribution >= 0.6 is 0 Å². The molecule has 2 aromatic heterocycles. The first-order valence-corrected chi connectivity index (χ1v) is 10.4. The third kappa shape index (κ3) is 4.44. The number of aromatic nitrogens is 3. The van der Waals surface area contributed by atoms with E-state index in [4.69, 9.17) is 4.98 Å². The average molecular weight is 393 g/mol. The van der Waals surface area contributed by atoms with Crippen molar-refractivity contribution in [2.24, 2.45) is 0 Å². The largest absolute Gasteiger partial charge is 0.338 e. The fourth-order valence-corrected chi connectivity index (χ4v) is 4.24. The van der Waals surface area contributed by atoms with Crippen molar-refractivity contribution in [2.75, 3.05) is 13.1 Å². The van der Waals surface area contributed by atoms with Crippen LogP contribution in [-0.2, 0) is 29.0 Å². The van der Waals surface area contributed by atoms with Crippen LogP contribution in [0.1, 0.15) is 61.3 Å². The number of pyridine rings is 1. The lowest BCUT2D eigenvalue weighted by Gasteiger charge is -2.35. The number of piperidine rings is 1. The first-order valence-electron chi connectivity index (χ1n) is 10.4. The molecule has 0 spiro atoms. The van der Waals surface area contributed by atoms with E-state index in [1.54, 1.807) is 19.3 Å². The Hall–Kier alpha value is -2.83. The summed E-state index contributed by atoms with van der Waals surface area (Å²) in [5.74, 6) is 0.990. The molecule has 2 aromatic rings. The lowest BCUT2D eigenvalue weighted by Crippen LogP contribution is -2.39. The summed E-state index contributed by atoms with van der Waals surface area (Å²) in [6, 6.07) is 3.87. The van der Waals surface area contributed by atoms with E-state index in [0.717, 1.165) is 61.3 Å². The molecule has 4 heterocycles. The van der Waals surface area contributed by atoms with Crippen LogP contribution in [-0.4, -0.2) is 49.7 Å². The number of fused-ring (bicyclic) bond motifs is 1. The summed E-state index contributed by atoms with van der Waals surface area (Å²) >= 11 is 0. The van der Waals surface area contributed by atoms with Crippen molar-refractivity contribution in [3.05, 3.63) is 53.4 Å². The second-order valence-corrected chi connectivity index (χ2v) is 7.84. The van der Waals surface area contributed by atoms with E-state index in [1.165, 1.54) is 0 Å². The molecular weight excluding hydrogens is 366 g/mol. The van der Waals surface area contributed by atoms with Gasteiger partial charge in [-0.1, -0.05) is 0 Å². The van der Waals surface area contributed by atoms with Crippen molar-refractivity contribution < 1.29 is 9.59 Å². The zero-order chi connectivity index (χ0) is 20.2. The molecule has 0 aliphatic carbocycles. The Bertz CT molecular complexity index is 886. The molecule has 2 aliphatic rings. The number of rotatable bonds is 4. The molecular formula is C22H27N5O2. The van der Waals surface area contributed by atoms with Gasteiger partial charge in [-0.2, -0.15) is 0 Å². The predicted molar refractivity (Wildman–Crippen MR) is 108 cm³/mol. The third-order valence-corrected chi connectivity index (χ3v) is 5.89. The van der Waals surface area contributed by atoms with Crippen molar-refractivity contribution in [3.8, 4) is 0 Å². The van der Waals surface area contributed by atoms with E-state index in [2.05, 4.69) is 9.97 Å². The van der Waals surface area contributed by atoms with Crippen molar-refractivity contribution in [3.63, 3.8) is 0 Å². The molecule has 1 atom stereocenters. The summed E-state index contributed by atoms with van der Waals surface area (Å²) in [6.45, 7) is 3.64. The molecule has 7 heteroatoms. The number of amides is 2. The SMILES string of the molecule is CC(=O)N1CCCCC1c1ncc2c(n1)CCN(C(=O)CCc1ccncc1)C2. The average Bonchev–Trinajstić information content (AvgIpc) is 2.77. The molecule has 29 heavy (non-hydrogen) atoms. The van der Waals surface area contributed by atoms with Crippen LogP contribution in [0.15, 0.2) is 30.7 Å². The maximum Gasteiger partial charge on any atom is 0.223 e. The van der Waals surface area contributed by atoms with Gasteiger partial charge in [-0.15, -0.1) is 0 Å². The van der Waals surface area contributed by atoms with Gasteiger partial charge < -0.3 is 9.80 Å². The van der Waals surface area contributed by atoms with Gasteiger partial charge in [0.15, 0.2) is 5.82 Å². The monoisotopic (exact) mass is 393 g/mol. The molecule has 7 nitrogen and oxygen atoms in total.